The van der Waals surface area contributed by atoms with Crippen molar-refractivity contribution in [1.29, 1.82) is 0 Å². The van der Waals surface area contributed by atoms with Crippen LogP contribution in [-0.4, -0.2) is 16.8 Å². The van der Waals surface area contributed by atoms with Crippen molar-refractivity contribution in [3.63, 3.8) is 0 Å². The summed E-state index contributed by atoms with van der Waals surface area (Å²) in [6.45, 7) is 0. The molecule has 0 heterocycles. The van der Waals surface area contributed by atoms with Crippen LogP contribution >= 0.6 is 0 Å². The normalized spacial score (nSPS) is 24.7. The Morgan fingerprint density at radius 2 is 1.21 bits per heavy atom. The third kappa shape index (κ3) is 1.83. The van der Waals surface area contributed by atoms with Gasteiger partial charge in [-0.05, 0) is 29.7 Å². The summed E-state index contributed by atoms with van der Waals surface area (Å²) in [6, 6.07) is 2.45. The summed E-state index contributed by atoms with van der Waals surface area (Å²) in [5, 5.41) is 10.4. The van der Waals surface area contributed by atoms with E-state index < -0.39 is 20.0 Å². The maximum Gasteiger partial charge on any atom is 0.238 e. The standard InChI is InChI=1S/C11H12N2O4S2/c12-18(14,15)8-3-4-9(19(13,16)17)11-7-2-1-6(5-7)10(8)11/h1-4,6-7H,5H2,(H2,12,14,15)(H2,13,16,17). The quantitative estimate of drug-likeness (QED) is 0.754. The second kappa shape index (κ2) is 3.66. The molecule has 102 valence electrons. The van der Waals surface area contributed by atoms with Gasteiger partial charge in [-0.15, -0.1) is 0 Å². The van der Waals surface area contributed by atoms with Gasteiger partial charge in [0.2, 0.25) is 20.0 Å². The van der Waals surface area contributed by atoms with Crippen LogP contribution in [0.15, 0.2) is 34.1 Å². The Bertz CT molecular complexity index is 742. The zero-order valence-electron chi connectivity index (χ0n) is 9.78. The minimum Gasteiger partial charge on any atom is -0.225 e. The first-order valence-electron chi connectivity index (χ1n) is 5.60. The average molecular weight is 300 g/mol. The number of hydrogen-bond acceptors (Lipinski definition) is 4. The van der Waals surface area contributed by atoms with E-state index in [4.69, 9.17) is 10.3 Å². The van der Waals surface area contributed by atoms with Crippen LogP contribution < -0.4 is 10.3 Å². The first kappa shape index (κ1) is 12.8. The van der Waals surface area contributed by atoms with Gasteiger partial charge in [0, 0.05) is 11.8 Å². The van der Waals surface area contributed by atoms with Gasteiger partial charge in [-0.25, -0.2) is 27.1 Å². The molecule has 8 heteroatoms. The van der Waals surface area contributed by atoms with Crippen molar-refractivity contribution in [2.75, 3.05) is 0 Å². The van der Waals surface area contributed by atoms with Gasteiger partial charge in [-0.1, -0.05) is 12.2 Å². The second-order valence-electron chi connectivity index (χ2n) is 4.81. The van der Waals surface area contributed by atoms with E-state index in [9.17, 15) is 16.8 Å². The highest BCUT2D eigenvalue weighted by molar-refractivity contribution is 7.89. The molecule has 0 saturated carbocycles. The zero-order valence-corrected chi connectivity index (χ0v) is 11.4. The highest BCUT2D eigenvalue weighted by Crippen LogP contribution is 2.52. The molecule has 2 aliphatic rings. The molecule has 0 fully saturated rings. The van der Waals surface area contributed by atoms with Crippen molar-refractivity contribution >= 4 is 20.0 Å². The van der Waals surface area contributed by atoms with Crippen LogP contribution in [0.25, 0.3) is 0 Å². The number of fused-ring (bicyclic) bond motifs is 5. The Labute approximate surface area is 111 Å². The fourth-order valence-electron chi connectivity index (χ4n) is 2.98. The lowest BCUT2D eigenvalue weighted by Gasteiger charge is -2.17. The maximum absolute atomic E-state index is 11.6. The summed E-state index contributed by atoms with van der Waals surface area (Å²) in [5.41, 5.74) is 0.975. The molecule has 3 rings (SSSR count). The molecule has 2 aliphatic carbocycles. The van der Waals surface area contributed by atoms with E-state index in [0.717, 1.165) is 0 Å². The minimum atomic E-state index is -3.88. The van der Waals surface area contributed by atoms with E-state index in [-0.39, 0.29) is 21.6 Å². The van der Waals surface area contributed by atoms with Gasteiger partial charge in [0.1, 0.15) is 0 Å². The average Bonchev–Trinajstić information content (AvgIpc) is 2.85. The predicted molar refractivity (Wildman–Crippen MR) is 68.4 cm³/mol. The van der Waals surface area contributed by atoms with E-state index in [2.05, 4.69) is 0 Å². The Balaban J connectivity index is 2.40. The number of hydrogen-bond donors (Lipinski definition) is 2. The molecule has 2 atom stereocenters. The Hall–Kier alpha value is -1.22. The molecule has 0 saturated heterocycles. The van der Waals surface area contributed by atoms with E-state index >= 15 is 0 Å². The van der Waals surface area contributed by atoms with E-state index in [1.807, 2.05) is 12.2 Å². The molecule has 0 radical (unpaired) electrons. The summed E-state index contributed by atoms with van der Waals surface area (Å²) in [6.07, 6.45) is 4.44. The van der Waals surface area contributed by atoms with Crippen LogP contribution in [0.3, 0.4) is 0 Å². The van der Waals surface area contributed by atoms with Crippen molar-refractivity contribution < 1.29 is 16.8 Å². The van der Waals surface area contributed by atoms with Gasteiger partial charge >= 0.3 is 0 Å². The lowest BCUT2D eigenvalue weighted by molar-refractivity contribution is 0.592. The number of primary sulfonamides is 2. The van der Waals surface area contributed by atoms with Gasteiger partial charge in [0.15, 0.2) is 0 Å². The molecule has 0 amide bonds. The van der Waals surface area contributed by atoms with Crippen LogP contribution in [0.4, 0.5) is 0 Å². The number of nitrogens with two attached hydrogens (primary N) is 2. The topological polar surface area (TPSA) is 120 Å². The van der Waals surface area contributed by atoms with Gasteiger partial charge < -0.3 is 0 Å². The van der Waals surface area contributed by atoms with E-state index in [1.165, 1.54) is 12.1 Å². The van der Waals surface area contributed by atoms with Crippen molar-refractivity contribution in [3.05, 3.63) is 35.4 Å². The van der Waals surface area contributed by atoms with Crippen molar-refractivity contribution in [2.45, 2.75) is 28.0 Å². The van der Waals surface area contributed by atoms with Gasteiger partial charge in [-0.3, -0.25) is 0 Å². The first-order chi connectivity index (χ1) is 8.69. The molecule has 0 spiro atoms. The summed E-state index contributed by atoms with van der Waals surface area (Å²) in [4.78, 5) is -0.0153. The van der Waals surface area contributed by atoms with Crippen LogP contribution in [0.2, 0.25) is 0 Å². The van der Waals surface area contributed by atoms with Crippen LogP contribution in [0, 0.1) is 0 Å². The van der Waals surface area contributed by atoms with Gasteiger partial charge in [-0.2, -0.15) is 0 Å². The van der Waals surface area contributed by atoms with E-state index in [1.54, 1.807) is 0 Å². The lowest BCUT2D eigenvalue weighted by atomic mass is 9.97. The molecule has 1 aromatic rings. The molecule has 4 N–H and O–H groups in total. The highest BCUT2D eigenvalue weighted by Gasteiger charge is 2.40. The molecular formula is C11H12N2O4S2. The van der Waals surface area contributed by atoms with Crippen LogP contribution in [-0.2, 0) is 20.0 Å². The molecule has 2 bridgehead atoms. The summed E-state index contributed by atoms with van der Waals surface area (Å²) in [5.74, 6) is -0.204. The second-order valence-corrected chi connectivity index (χ2v) is 7.87. The highest BCUT2D eigenvalue weighted by atomic mass is 32.2. The largest absolute Gasteiger partial charge is 0.238 e. The van der Waals surface area contributed by atoms with Gasteiger partial charge in [0.05, 0.1) is 9.79 Å². The molecule has 0 aliphatic heterocycles. The Morgan fingerprint density at radius 1 is 0.842 bits per heavy atom. The van der Waals surface area contributed by atoms with Crippen LogP contribution in [0.5, 0.6) is 0 Å². The summed E-state index contributed by atoms with van der Waals surface area (Å²) < 4.78 is 46.4. The minimum absolute atomic E-state index is 0.00764. The molecular weight excluding hydrogens is 288 g/mol. The van der Waals surface area contributed by atoms with Crippen LogP contribution in [0.1, 0.15) is 29.4 Å². The number of rotatable bonds is 2. The third-order valence-corrected chi connectivity index (χ3v) is 5.58. The SMILES string of the molecule is NS(=O)(=O)c1ccc(S(N)(=O)=O)c2c1C1C=CC2C1. The Kier molecular flexibility index (Phi) is 2.47. The lowest BCUT2D eigenvalue weighted by Crippen LogP contribution is -2.20. The smallest absolute Gasteiger partial charge is 0.225 e. The summed E-state index contributed by atoms with van der Waals surface area (Å²) in [7, 11) is -7.76. The maximum atomic E-state index is 11.6. The molecule has 2 unspecified atom stereocenters. The number of sulfonamides is 2. The molecule has 1 aromatic carbocycles. The molecule has 0 aromatic heterocycles. The summed E-state index contributed by atoms with van der Waals surface area (Å²) >= 11 is 0. The van der Waals surface area contributed by atoms with Gasteiger partial charge in [0.25, 0.3) is 0 Å². The molecule has 6 nitrogen and oxygen atoms in total. The first-order valence-corrected chi connectivity index (χ1v) is 8.69. The molecule has 19 heavy (non-hydrogen) atoms. The number of allylic oxidation sites excluding steroid dienone is 2. The number of benzene rings is 1. The monoisotopic (exact) mass is 300 g/mol. The van der Waals surface area contributed by atoms with Crippen molar-refractivity contribution in [2.24, 2.45) is 10.3 Å². The van der Waals surface area contributed by atoms with E-state index in [0.29, 0.717) is 17.5 Å². The predicted octanol–water partition coefficient (Wildman–Crippen LogP) is 0.122. The Morgan fingerprint density at radius 3 is 1.53 bits per heavy atom. The zero-order chi connectivity index (χ0) is 14.0. The third-order valence-electron chi connectivity index (χ3n) is 3.65. The van der Waals surface area contributed by atoms with Crippen molar-refractivity contribution in [3.8, 4) is 0 Å². The fraction of sp³-hybridized carbons (Fsp3) is 0.273. The fourth-order valence-corrected chi connectivity index (χ4v) is 4.64. The van der Waals surface area contributed by atoms with Crippen molar-refractivity contribution in [1.82, 2.24) is 0 Å².